The molecular weight excluding hydrogens is 122 g/mol. The lowest BCUT2D eigenvalue weighted by molar-refractivity contribution is 0.313. The van der Waals surface area contributed by atoms with E-state index in [9.17, 15) is 0 Å². The molecule has 0 radical (unpaired) electrons. The maximum Gasteiger partial charge on any atom is 0.124 e. The first kappa shape index (κ1) is 5.59. The van der Waals surface area contributed by atoms with Crippen molar-refractivity contribution in [3.63, 3.8) is 0 Å². The van der Waals surface area contributed by atoms with Crippen molar-refractivity contribution in [3.05, 3.63) is 12.3 Å². The third kappa shape index (κ3) is 0.993. The zero-order valence-electron chi connectivity index (χ0n) is 4.11. The average molecular weight is 127 g/mol. The molecule has 8 heavy (non-hydrogen) atoms. The van der Waals surface area contributed by atoms with Crippen molar-refractivity contribution in [2.75, 3.05) is 0 Å². The molecule has 1 atom stereocenters. The fraction of sp³-hybridized carbons (Fsp3) is 0.200. The Morgan fingerprint density at radius 3 is 2.88 bits per heavy atom. The lowest BCUT2D eigenvalue weighted by Gasteiger charge is -2.03. The van der Waals surface area contributed by atoms with Gasteiger partial charge in [0, 0.05) is 12.4 Å². The molecule has 0 aliphatic carbocycles. The van der Waals surface area contributed by atoms with E-state index in [0.29, 0.717) is 4.86 Å². The summed E-state index contributed by atoms with van der Waals surface area (Å²) >= 11 is 4.70. The van der Waals surface area contributed by atoms with E-state index >= 15 is 0 Å². The highest BCUT2D eigenvalue weighted by Gasteiger charge is 2.05. The molecule has 2 nitrogen and oxygen atoms in total. The minimum Gasteiger partial charge on any atom is -0.382 e. The van der Waals surface area contributed by atoms with Crippen LogP contribution in [0, 0.1) is 0 Å². The predicted octanol–water partition coefficient (Wildman–Crippen LogP) is 0.315. The molecule has 0 aromatic heterocycles. The highest BCUT2D eigenvalue weighted by molar-refractivity contribution is 7.81. The summed E-state index contributed by atoms with van der Waals surface area (Å²) in [5, 5.41) is 8.84. The number of rotatable bonds is 0. The Hall–Kier alpha value is -0.540. The largest absolute Gasteiger partial charge is 0.382 e. The maximum atomic E-state index is 8.84. The van der Waals surface area contributed by atoms with Crippen LogP contribution in [0.4, 0.5) is 0 Å². The summed E-state index contributed by atoms with van der Waals surface area (Å²) in [6.07, 6.45) is 3.94. The summed E-state index contributed by atoms with van der Waals surface area (Å²) in [7, 11) is 0. The Bertz CT molecular complexity index is 162. The quantitative estimate of drug-likeness (QED) is 0.475. The number of thiocarbonyl (C=S) groups is 1. The summed E-state index contributed by atoms with van der Waals surface area (Å²) in [5.41, 5.74) is 0. The van der Waals surface area contributed by atoms with Gasteiger partial charge in [0.25, 0.3) is 0 Å². The van der Waals surface area contributed by atoms with Crippen molar-refractivity contribution in [2.24, 2.45) is 4.99 Å². The fourth-order valence-corrected chi connectivity index (χ4v) is 0.541. The van der Waals surface area contributed by atoms with Gasteiger partial charge in [-0.05, 0) is 6.08 Å². The topological polar surface area (TPSA) is 32.6 Å². The van der Waals surface area contributed by atoms with E-state index < -0.39 is 6.10 Å². The zero-order chi connectivity index (χ0) is 5.98. The molecule has 0 bridgehead atoms. The van der Waals surface area contributed by atoms with E-state index in [1.807, 2.05) is 0 Å². The van der Waals surface area contributed by atoms with Gasteiger partial charge in [0.2, 0.25) is 0 Å². The van der Waals surface area contributed by atoms with E-state index in [1.54, 1.807) is 12.3 Å². The van der Waals surface area contributed by atoms with Crippen LogP contribution < -0.4 is 0 Å². The van der Waals surface area contributed by atoms with E-state index in [0.717, 1.165) is 0 Å². The van der Waals surface area contributed by atoms with Gasteiger partial charge in [-0.25, -0.2) is 0 Å². The molecule has 3 heteroatoms. The molecule has 0 amide bonds. The fourth-order valence-electron chi connectivity index (χ4n) is 0.420. The molecule has 1 aliphatic rings. The molecule has 0 saturated heterocycles. The Balaban J connectivity index is 2.74. The molecule has 0 aromatic rings. The van der Waals surface area contributed by atoms with Gasteiger partial charge in [0.1, 0.15) is 6.10 Å². The lowest BCUT2D eigenvalue weighted by Crippen LogP contribution is -2.19. The summed E-state index contributed by atoms with van der Waals surface area (Å²) in [5.74, 6) is 0. The minimum atomic E-state index is -0.644. The summed E-state index contributed by atoms with van der Waals surface area (Å²) in [4.78, 5) is 4.19. The van der Waals surface area contributed by atoms with Crippen LogP contribution in [0.3, 0.4) is 0 Å². The van der Waals surface area contributed by atoms with Gasteiger partial charge in [-0.2, -0.15) is 0 Å². The van der Waals surface area contributed by atoms with Crippen LogP contribution in [0.2, 0.25) is 0 Å². The minimum absolute atomic E-state index is 0.528. The van der Waals surface area contributed by atoms with Crippen LogP contribution in [0.1, 0.15) is 0 Å². The molecular formula is C5H5NOS. The molecule has 0 saturated carbocycles. The van der Waals surface area contributed by atoms with E-state index in [2.05, 4.69) is 4.99 Å². The SMILES string of the molecule is OC1C=NC=CC1=S. The molecule has 1 N–H and O–H groups in total. The Morgan fingerprint density at radius 2 is 2.50 bits per heavy atom. The number of hydrogen-bond donors (Lipinski definition) is 1. The molecule has 1 unspecified atom stereocenters. The van der Waals surface area contributed by atoms with Gasteiger partial charge in [-0.3, -0.25) is 4.99 Å². The van der Waals surface area contributed by atoms with Gasteiger partial charge >= 0.3 is 0 Å². The molecule has 42 valence electrons. The standard InChI is InChI=1S/C5H5NOS/c7-4-3-6-2-1-5(4)8/h1-4,7H. The second kappa shape index (κ2) is 2.15. The summed E-state index contributed by atoms with van der Waals surface area (Å²) < 4.78 is 0. The van der Waals surface area contributed by atoms with Crippen molar-refractivity contribution in [2.45, 2.75) is 6.10 Å². The van der Waals surface area contributed by atoms with Gasteiger partial charge in [0.15, 0.2) is 0 Å². The second-order valence-corrected chi connectivity index (χ2v) is 1.93. The first-order chi connectivity index (χ1) is 3.80. The monoisotopic (exact) mass is 127 g/mol. The number of aliphatic hydroxyl groups excluding tert-OH is 1. The average Bonchev–Trinajstić information content (AvgIpc) is 1.77. The number of hydrogen-bond acceptors (Lipinski definition) is 3. The molecule has 0 spiro atoms. The van der Waals surface area contributed by atoms with Crippen LogP contribution in [0.15, 0.2) is 17.3 Å². The van der Waals surface area contributed by atoms with Crippen molar-refractivity contribution in [3.8, 4) is 0 Å². The zero-order valence-corrected chi connectivity index (χ0v) is 4.93. The van der Waals surface area contributed by atoms with Crippen molar-refractivity contribution in [1.82, 2.24) is 0 Å². The van der Waals surface area contributed by atoms with Crippen LogP contribution >= 0.6 is 12.2 Å². The maximum absolute atomic E-state index is 8.84. The number of aliphatic imine (C=N–C) groups is 1. The Kier molecular flexibility index (Phi) is 1.50. The predicted molar refractivity (Wildman–Crippen MR) is 36.2 cm³/mol. The first-order valence-electron chi connectivity index (χ1n) is 2.22. The third-order valence-electron chi connectivity index (χ3n) is 0.844. The molecule has 1 rings (SSSR count). The molecule has 0 aromatic carbocycles. The van der Waals surface area contributed by atoms with Crippen LogP contribution in [-0.4, -0.2) is 22.3 Å². The van der Waals surface area contributed by atoms with Gasteiger partial charge < -0.3 is 5.11 Å². The van der Waals surface area contributed by atoms with Crippen LogP contribution in [0.5, 0.6) is 0 Å². The third-order valence-corrected chi connectivity index (χ3v) is 1.22. The van der Waals surface area contributed by atoms with E-state index in [1.165, 1.54) is 6.21 Å². The van der Waals surface area contributed by atoms with Gasteiger partial charge in [-0.15, -0.1) is 0 Å². The Morgan fingerprint density at radius 1 is 1.75 bits per heavy atom. The first-order valence-corrected chi connectivity index (χ1v) is 2.63. The highest BCUT2D eigenvalue weighted by atomic mass is 32.1. The van der Waals surface area contributed by atoms with E-state index in [-0.39, 0.29) is 0 Å². The Labute approximate surface area is 52.6 Å². The second-order valence-electron chi connectivity index (χ2n) is 1.46. The number of aliphatic hydroxyl groups is 1. The van der Waals surface area contributed by atoms with Crippen molar-refractivity contribution >= 4 is 23.3 Å². The van der Waals surface area contributed by atoms with Gasteiger partial charge in [0.05, 0.1) is 4.86 Å². The van der Waals surface area contributed by atoms with Crippen molar-refractivity contribution < 1.29 is 5.11 Å². The van der Waals surface area contributed by atoms with Crippen LogP contribution in [-0.2, 0) is 0 Å². The van der Waals surface area contributed by atoms with Crippen molar-refractivity contribution in [1.29, 1.82) is 0 Å². The normalized spacial score (nSPS) is 26.6. The van der Waals surface area contributed by atoms with Gasteiger partial charge in [-0.1, -0.05) is 12.2 Å². The smallest absolute Gasteiger partial charge is 0.124 e. The summed E-state index contributed by atoms with van der Waals surface area (Å²) in [6, 6.07) is 0. The summed E-state index contributed by atoms with van der Waals surface area (Å²) in [6.45, 7) is 0. The lowest BCUT2D eigenvalue weighted by atomic mass is 10.2. The highest BCUT2D eigenvalue weighted by Crippen LogP contribution is 1.94. The molecule has 0 fully saturated rings. The van der Waals surface area contributed by atoms with E-state index in [4.69, 9.17) is 17.3 Å². The van der Waals surface area contributed by atoms with Crippen LogP contribution in [0.25, 0.3) is 0 Å². The molecule has 1 aliphatic heterocycles. The number of nitrogens with zero attached hydrogens (tertiary/aromatic N) is 1. The molecule has 1 heterocycles.